The molecule has 1 saturated heterocycles. The minimum Gasteiger partial charge on any atom is -0.497 e. The minimum absolute atomic E-state index is 0.179. The lowest BCUT2D eigenvalue weighted by molar-refractivity contribution is -0.154. The van der Waals surface area contributed by atoms with Crippen molar-refractivity contribution in [2.45, 2.75) is 52.8 Å². The normalized spacial score (nSPS) is 14.4. The highest BCUT2D eigenvalue weighted by atomic mass is 32.1. The number of nitrogens with one attached hydrogen (secondary N) is 2. The maximum atomic E-state index is 12.5. The quantitative estimate of drug-likeness (QED) is 0.214. The maximum Gasteiger partial charge on any atom is 0.311 e. The van der Waals surface area contributed by atoms with E-state index < -0.39 is 5.41 Å². The molecule has 0 radical (unpaired) electrons. The van der Waals surface area contributed by atoms with E-state index in [4.69, 9.17) is 19.4 Å². The maximum absolute atomic E-state index is 12.5. The van der Waals surface area contributed by atoms with Crippen LogP contribution in [0.15, 0.2) is 55.0 Å². The van der Waals surface area contributed by atoms with Crippen LogP contribution in [0.3, 0.4) is 0 Å². The number of anilines is 1. The van der Waals surface area contributed by atoms with Gasteiger partial charge in [-0.1, -0.05) is 12.1 Å². The first-order valence-electron chi connectivity index (χ1n) is 14.3. The molecule has 5 aromatic rings. The predicted octanol–water partition coefficient (Wildman–Crippen LogP) is 6.02. The molecule has 0 atom stereocenters. The fourth-order valence-corrected chi connectivity index (χ4v) is 6.10. The molecule has 218 valence electrons. The monoisotopic (exact) mass is 584 g/mol. The zero-order valence-corrected chi connectivity index (χ0v) is 25.3. The zero-order valence-electron chi connectivity index (χ0n) is 24.4. The Bertz CT molecular complexity index is 1710. The average Bonchev–Trinajstić information content (AvgIpc) is 3.61. The highest BCUT2D eigenvalue weighted by molar-refractivity contribution is 7.22. The van der Waals surface area contributed by atoms with Crippen molar-refractivity contribution >= 4 is 44.2 Å². The number of carbonyl (C=O) groups is 1. The summed E-state index contributed by atoms with van der Waals surface area (Å²) in [6.45, 7) is 8.36. The van der Waals surface area contributed by atoms with Gasteiger partial charge in [-0.3, -0.25) is 4.79 Å². The van der Waals surface area contributed by atoms with Crippen molar-refractivity contribution < 1.29 is 14.3 Å². The summed E-state index contributed by atoms with van der Waals surface area (Å²) >= 11 is 1.64. The lowest BCUT2D eigenvalue weighted by atomic mass is 9.97. The molecule has 1 aromatic carbocycles. The number of hydrogen-bond donors (Lipinski definition) is 2. The third-order valence-corrected chi connectivity index (χ3v) is 8.64. The molecule has 0 spiro atoms. The Morgan fingerprint density at radius 2 is 1.88 bits per heavy atom. The molecule has 4 aromatic heterocycles. The Labute approximate surface area is 249 Å². The number of aromatic nitrogens is 4. The SMILES string of the molecule is COc1ccc(Cn2ncc3cc(-c4cc5c(NC6CCNCC6)c(COC(=O)C(C)(C)C)cnc5s4)cnc32)cc1. The number of piperidine rings is 1. The van der Waals surface area contributed by atoms with Crippen LogP contribution < -0.4 is 15.4 Å². The molecule has 42 heavy (non-hydrogen) atoms. The van der Waals surface area contributed by atoms with Crippen LogP contribution in [0, 0.1) is 5.41 Å². The van der Waals surface area contributed by atoms with Crippen LogP contribution in [0.25, 0.3) is 31.7 Å². The van der Waals surface area contributed by atoms with Gasteiger partial charge < -0.3 is 20.1 Å². The Balaban J connectivity index is 1.30. The molecule has 0 amide bonds. The molecule has 0 aliphatic carbocycles. The van der Waals surface area contributed by atoms with E-state index in [1.54, 1.807) is 18.4 Å². The number of ether oxygens (including phenoxy) is 2. The second-order valence-electron chi connectivity index (χ2n) is 11.8. The summed E-state index contributed by atoms with van der Waals surface area (Å²) in [5.74, 6) is 0.602. The van der Waals surface area contributed by atoms with Crippen LogP contribution >= 0.6 is 11.3 Å². The molecule has 9 nitrogen and oxygen atoms in total. The third-order valence-electron chi connectivity index (χ3n) is 7.55. The summed E-state index contributed by atoms with van der Waals surface area (Å²) in [6.07, 6.45) is 7.68. The van der Waals surface area contributed by atoms with E-state index in [1.807, 2.05) is 68.3 Å². The van der Waals surface area contributed by atoms with E-state index >= 15 is 0 Å². The summed E-state index contributed by atoms with van der Waals surface area (Å²) in [5, 5.41) is 13.8. The van der Waals surface area contributed by atoms with Gasteiger partial charge in [-0.25, -0.2) is 14.6 Å². The fourth-order valence-electron chi connectivity index (χ4n) is 5.11. The molecule has 0 bridgehead atoms. The number of thiophene rings is 1. The Hall–Kier alpha value is -4.02. The van der Waals surface area contributed by atoms with Gasteiger partial charge in [0.05, 0.1) is 31.0 Å². The first-order valence-corrected chi connectivity index (χ1v) is 15.1. The molecule has 0 unspecified atom stereocenters. The van der Waals surface area contributed by atoms with Crippen LogP contribution in [0.4, 0.5) is 5.69 Å². The zero-order chi connectivity index (χ0) is 29.3. The van der Waals surface area contributed by atoms with E-state index in [1.165, 1.54) is 0 Å². The summed E-state index contributed by atoms with van der Waals surface area (Å²) in [5.41, 5.74) is 4.30. The molecule has 5 heterocycles. The van der Waals surface area contributed by atoms with Crippen molar-refractivity contribution in [2.75, 3.05) is 25.5 Å². The molecule has 1 aliphatic rings. The second kappa shape index (κ2) is 11.7. The van der Waals surface area contributed by atoms with Gasteiger partial charge in [0.25, 0.3) is 0 Å². The standard InChI is InChI=1S/C32H36N6O3S/c1-32(2,3)31(39)41-19-23-16-35-30-26(28(23)37-24-9-11-33-12-10-24)14-27(42-30)21-13-22-17-36-38(29(22)34-15-21)18-20-5-7-25(40-4)8-6-20/h5-8,13-17,24,33H,9-12,18-19H2,1-4H3,(H,35,37). The van der Waals surface area contributed by atoms with Crippen molar-refractivity contribution in [3.8, 4) is 16.2 Å². The number of rotatable bonds is 8. The van der Waals surface area contributed by atoms with E-state index in [2.05, 4.69) is 27.9 Å². The predicted molar refractivity (Wildman–Crippen MR) is 167 cm³/mol. The van der Waals surface area contributed by atoms with Gasteiger partial charge in [0.15, 0.2) is 5.65 Å². The van der Waals surface area contributed by atoms with Crippen LogP contribution in [-0.2, 0) is 22.7 Å². The van der Waals surface area contributed by atoms with E-state index in [-0.39, 0.29) is 12.6 Å². The highest BCUT2D eigenvalue weighted by Gasteiger charge is 2.25. The summed E-state index contributed by atoms with van der Waals surface area (Å²) in [4.78, 5) is 24.1. The first-order chi connectivity index (χ1) is 20.3. The number of benzene rings is 1. The second-order valence-corrected chi connectivity index (χ2v) is 12.8. The van der Waals surface area contributed by atoms with Gasteiger partial charge in [-0.2, -0.15) is 5.10 Å². The topological polar surface area (TPSA) is 103 Å². The van der Waals surface area contributed by atoms with Crippen LogP contribution in [0.2, 0.25) is 0 Å². The summed E-state index contributed by atoms with van der Waals surface area (Å²) < 4.78 is 12.9. The van der Waals surface area contributed by atoms with Crippen molar-refractivity contribution in [1.82, 2.24) is 25.1 Å². The van der Waals surface area contributed by atoms with Gasteiger partial charge in [0.2, 0.25) is 0 Å². The molecule has 1 aliphatic heterocycles. The van der Waals surface area contributed by atoms with E-state index in [9.17, 15) is 4.79 Å². The molecular weight excluding hydrogens is 548 g/mol. The van der Waals surface area contributed by atoms with Gasteiger partial charge in [0, 0.05) is 45.2 Å². The number of esters is 1. The van der Waals surface area contributed by atoms with E-state index in [0.717, 1.165) is 80.2 Å². The van der Waals surface area contributed by atoms with Crippen molar-refractivity contribution in [1.29, 1.82) is 0 Å². The number of fused-ring (bicyclic) bond motifs is 2. The highest BCUT2D eigenvalue weighted by Crippen LogP contribution is 2.39. The van der Waals surface area contributed by atoms with Gasteiger partial charge in [0.1, 0.15) is 17.2 Å². The number of carbonyl (C=O) groups excluding carboxylic acids is 1. The van der Waals surface area contributed by atoms with Gasteiger partial charge in [-0.05, 0) is 76.5 Å². The van der Waals surface area contributed by atoms with Crippen LogP contribution in [0.5, 0.6) is 5.75 Å². The largest absolute Gasteiger partial charge is 0.497 e. The third kappa shape index (κ3) is 5.96. The lowest BCUT2D eigenvalue weighted by Gasteiger charge is -2.26. The van der Waals surface area contributed by atoms with Crippen molar-refractivity contribution in [2.24, 2.45) is 5.41 Å². The minimum atomic E-state index is -0.566. The molecule has 2 N–H and O–H groups in total. The number of pyridine rings is 2. The molecule has 6 rings (SSSR count). The van der Waals surface area contributed by atoms with Crippen LogP contribution in [0.1, 0.15) is 44.7 Å². The van der Waals surface area contributed by atoms with Crippen LogP contribution in [-0.4, -0.2) is 52.0 Å². The van der Waals surface area contributed by atoms with Gasteiger partial charge >= 0.3 is 5.97 Å². The molecular formula is C32H36N6O3S. The average molecular weight is 585 g/mol. The van der Waals surface area contributed by atoms with E-state index in [0.29, 0.717) is 12.6 Å². The number of hydrogen-bond acceptors (Lipinski definition) is 9. The Morgan fingerprint density at radius 1 is 1.10 bits per heavy atom. The fraction of sp³-hybridized carbons (Fsp3) is 0.375. The summed E-state index contributed by atoms with van der Waals surface area (Å²) in [7, 11) is 1.67. The smallest absolute Gasteiger partial charge is 0.311 e. The Kier molecular flexibility index (Phi) is 7.83. The first kappa shape index (κ1) is 28.1. The molecule has 0 saturated carbocycles. The molecule has 1 fully saturated rings. The van der Waals surface area contributed by atoms with Gasteiger partial charge in [-0.15, -0.1) is 11.3 Å². The molecule has 10 heteroatoms. The number of nitrogens with zero attached hydrogens (tertiary/aromatic N) is 4. The Morgan fingerprint density at radius 3 is 2.62 bits per heavy atom. The summed E-state index contributed by atoms with van der Waals surface area (Å²) in [6, 6.07) is 12.6. The lowest BCUT2D eigenvalue weighted by Crippen LogP contribution is -2.35. The number of methoxy groups -OCH3 is 1. The van der Waals surface area contributed by atoms with Crippen molar-refractivity contribution in [3.05, 3.63) is 66.1 Å². The van der Waals surface area contributed by atoms with Crippen molar-refractivity contribution in [3.63, 3.8) is 0 Å².